The smallest absolute Gasteiger partial charge is 0.00992 e. The van der Waals surface area contributed by atoms with Crippen molar-refractivity contribution >= 4 is 0 Å². The van der Waals surface area contributed by atoms with Crippen LogP contribution in [-0.2, 0) is 0 Å². The molecule has 114 valence electrons. The SMILES string of the molecule is c1ccc(-c2ccc(-c3ccccc3)c(-c3ccccc3)c2)cc1. The standard InChI is InChI=1S/C24H18/c1-4-10-19(11-5-1)22-16-17-23(20-12-6-2-7-13-20)24(18-22)21-14-8-3-9-15-21/h1-18H. The molecular formula is C24H18. The van der Waals surface area contributed by atoms with Crippen molar-refractivity contribution in [2.45, 2.75) is 0 Å². The van der Waals surface area contributed by atoms with Crippen molar-refractivity contribution < 1.29 is 0 Å². The van der Waals surface area contributed by atoms with E-state index in [9.17, 15) is 0 Å². The molecule has 0 heteroatoms. The summed E-state index contributed by atoms with van der Waals surface area (Å²) >= 11 is 0. The van der Waals surface area contributed by atoms with Crippen LogP contribution in [0, 0.1) is 0 Å². The summed E-state index contributed by atoms with van der Waals surface area (Å²) in [5.41, 5.74) is 7.51. The Morgan fingerprint density at radius 1 is 0.292 bits per heavy atom. The van der Waals surface area contributed by atoms with Gasteiger partial charge in [-0.05, 0) is 39.4 Å². The molecule has 0 saturated heterocycles. The Hall–Kier alpha value is -3.12. The van der Waals surface area contributed by atoms with Crippen LogP contribution in [0.25, 0.3) is 33.4 Å². The van der Waals surface area contributed by atoms with Crippen LogP contribution in [-0.4, -0.2) is 0 Å². The van der Waals surface area contributed by atoms with E-state index in [-0.39, 0.29) is 0 Å². The Bertz CT molecular complexity index is 923. The number of benzene rings is 4. The van der Waals surface area contributed by atoms with Crippen molar-refractivity contribution in [2.75, 3.05) is 0 Å². The molecule has 0 aliphatic rings. The number of hydrogen-bond donors (Lipinski definition) is 0. The fraction of sp³-hybridized carbons (Fsp3) is 0. The predicted octanol–water partition coefficient (Wildman–Crippen LogP) is 6.69. The van der Waals surface area contributed by atoms with Crippen LogP contribution in [0.1, 0.15) is 0 Å². The Labute approximate surface area is 143 Å². The molecule has 0 aliphatic heterocycles. The third kappa shape index (κ3) is 2.87. The van der Waals surface area contributed by atoms with Gasteiger partial charge in [0, 0.05) is 0 Å². The highest BCUT2D eigenvalue weighted by Gasteiger charge is 2.09. The Morgan fingerprint density at radius 3 is 1.29 bits per heavy atom. The monoisotopic (exact) mass is 306 g/mol. The lowest BCUT2D eigenvalue weighted by Gasteiger charge is -2.13. The molecule has 0 aromatic heterocycles. The van der Waals surface area contributed by atoms with E-state index in [0.717, 1.165) is 0 Å². The second-order valence-electron chi connectivity index (χ2n) is 5.86. The van der Waals surface area contributed by atoms with Crippen molar-refractivity contribution in [1.82, 2.24) is 0 Å². The van der Waals surface area contributed by atoms with Gasteiger partial charge in [0.1, 0.15) is 0 Å². The van der Waals surface area contributed by atoms with Gasteiger partial charge in [0.05, 0.1) is 0 Å². The van der Waals surface area contributed by atoms with Crippen LogP contribution >= 0.6 is 0 Å². The average molecular weight is 306 g/mol. The summed E-state index contributed by atoms with van der Waals surface area (Å²) in [5.74, 6) is 0. The van der Waals surface area contributed by atoms with Gasteiger partial charge in [-0.1, -0.05) is 103 Å². The minimum absolute atomic E-state index is 1.24. The molecule has 4 aromatic rings. The summed E-state index contributed by atoms with van der Waals surface area (Å²) in [6.45, 7) is 0. The summed E-state index contributed by atoms with van der Waals surface area (Å²) in [7, 11) is 0. The molecule has 0 nitrogen and oxygen atoms in total. The molecule has 0 spiro atoms. The first-order valence-electron chi connectivity index (χ1n) is 8.22. The molecule has 0 saturated carbocycles. The highest BCUT2D eigenvalue weighted by atomic mass is 14.1. The molecule has 0 amide bonds. The second-order valence-corrected chi connectivity index (χ2v) is 5.86. The van der Waals surface area contributed by atoms with E-state index in [1.165, 1.54) is 33.4 Å². The van der Waals surface area contributed by atoms with E-state index >= 15 is 0 Å². The normalized spacial score (nSPS) is 10.5. The lowest BCUT2D eigenvalue weighted by molar-refractivity contribution is 1.56. The molecular weight excluding hydrogens is 288 g/mol. The molecule has 4 aromatic carbocycles. The van der Waals surface area contributed by atoms with E-state index in [1.807, 2.05) is 0 Å². The maximum atomic E-state index is 2.30. The average Bonchev–Trinajstić information content (AvgIpc) is 2.69. The summed E-state index contributed by atoms with van der Waals surface area (Å²) in [4.78, 5) is 0. The van der Waals surface area contributed by atoms with Gasteiger partial charge in [-0.2, -0.15) is 0 Å². The topological polar surface area (TPSA) is 0 Å². The molecule has 0 atom stereocenters. The zero-order valence-corrected chi connectivity index (χ0v) is 13.4. The van der Waals surface area contributed by atoms with Crippen molar-refractivity contribution in [3.05, 3.63) is 109 Å². The zero-order valence-electron chi connectivity index (χ0n) is 13.4. The van der Waals surface area contributed by atoms with Crippen molar-refractivity contribution in [1.29, 1.82) is 0 Å². The summed E-state index contributed by atoms with van der Waals surface area (Å²) < 4.78 is 0. The van der Waals surface area contributed by atoms with Gasteiger partial charge in [-0.15, -0.1) is 0 Å². The third-order valence-corrected chi connectivity index (χ3v) is 4.30. The van der Waals surface area contributed by atoms with Crippen molar-refractivity contribution in [3.8, 4) is 33.4 Å². The van der Waals surface area contributed by atoms with Crippen molar-refractivity contribution in [3.63, 3.8) is 0 Å². The lowest BCUT2D eigenvalue weighted by atomic mass is 9.91. The molecule has 0 heterocycles. The predicted molar refractivity (Wildman–Crippen MR) is 103 cm³/mol. The fourth-order valence-electron chi connectivity index (χ4n) is 3.08. The first-order chi connectivity index (χ1) is 11.9. The molecule has 0 unspecified atom stereocenters. The van der Waals surface area contributed by atoms with Gasteiger partial charge in [-0.25, -0.2) is 0 Å². The van der Waals surface area contributed by atoms with Crippen LogP contribution in [0.5, 0.6) is 0 Å². The van der Waals surface area contributed by atoms with E-state index in [1.54, 1.807) is 0 Å². The molecule has 0 aliphatic carbocycles. The zero-order chi connectivity index (χ0) is 16.2. The van der Waals surface area contributed by atoms with Crippen LogP contribution in [0.4, 0.5) is 0 Å². The highest BCUT2D eigenvalue weighted by molar-refractivity contribution is 5.87. The molecule has 0 bridgehead atoms. The van der Waals surface area contributed by atoms with Gasteiger partial charge in [0.15, 0.2) is 0 Å². The summed E-state index contributed by atoms with van der Waals surface area (Å²) in [5, 5.41) is 0. The fourth-order valence-corrected chi connectivity index (χ4v) is 3.08. The summed E-state index contributed by atoms with van der Waals surface area (Å²) in [6.07, 6.45) is 0. The van der Waals surface area contributed by atoms with Crippen LogP contribution in [0.3, 0.4) is 0 Å². The van der Waals surface area contributed by atoms with Crippen LogP contribution in [0.15, 0.2) is 109 Å². The van der Waals surface area contributed by atoms with E-state index < -0.39 is 0 Å². The number of rotatable bonds is 3. The largest absolute Gasteiger partial charge is 0.0622 e. The van der Waals surface area contributed by atoms with E-state index in [4.69, 9.17) is 0 Å². The molecule has 24 heavy (non-hydrogen) atoms. The van der Waals surface area contributed by atoms with E-state index in [0.29, 0.717) is 0 Å². The van der Waals surface area contributed by atoms with E-state index in [2.05, 4.69) is 109 Å². The minimum Gasteiger partial charge on any atom is -0.0622 e. The Balaban J connectivity index is 1.92. The first-order valence-corrected chi connectivity index (χ1v) is 8.22. The quantitative estimate of drug-likeness (QED) is 0.395. The maximum Gasteiger partial charge on any atom is -0.00992 e. The molecule has 4 rings (SSSR count). The lowest BCUT2D eigenvalue weighted by Crippen LogP contribution is -1.87. The van der Waals surface area contributed by atoms with Gasteiger partial charge in [-0.3, -0.25) is 0 Å². The Morgan fingerprint density at radius 2 is 0.750 bits per heavy atom. The highest BCUT2D eigenvalue weighted by Crippen LogP contribution is 2.35. The van der Waals surface area contributed by atoms with Crippen LogP contribution < -0.4 is 0 Å². The van der Waals surface area contributed by atoms with Crippen molar-refractivity contribution in [2.24, 2.45) is 0 Å². The maximum absolute atomic E-state index is 2.30. The van der Waals surface area contributed by atoms with Gasteiger partial charge >= 0.3 is 0 Å². The van der Waals surface area contributed by atoms with Crippen LogP contribution in [0.2, 0.25) is 0 Å². The third-order valence-electron chi connectivity index (χ3n) is 4.30. The number of hydrogen-bond acceptors (Lipinski definition) is 0. The van der Waals surface area contributed by atoms with Gasteiger partial charge < -0.3 is 0 Å². The minimum atomic E-state index is 1.24. The van der Waals surface area contributed by atoms with Gasteiger partial charge in [0.2, 0.25) is 0 Å². The second kappa shape index (κ2) is 6.55. The Kier molecular flexibility index (Phi) is 3.95. The first kappa shape index (κ1) is 14.5. The molecule has 0 fully saturated rings. The molecule has 0 N–H and O–H groups in total. The molecule has 0 radical (unpaired) electrons. The van der Waals surface area contributed by atoms with Gasteiger partial charge in [0.25, 0.3) is 0 Å². The summed E-state index contributed by atoms with van der Waals surface area (Å²) in [6, 6.07) is 38.5.